The SMILES string of the molecule is CCCOc1ccc(C(=O)/C(=C/c2ccc(OCc3ccc(Cl)cc3)c(OCC)c2)c2nc3ccccc3o2)cc1. The number of hydrogen-bond acceptors (Lipinski definition) is 6. The topological polar surface area (TPSA) is 70.8 Å². The Kier molecular flexibility index (Phi) is 9.02. The fourth-order valence-corrected chi connectivity index (χ4v) is 4.33. The molecule has 208 valence electrons. The number of fused-ring (bicyclic) bond motifs is 1. The van der Waals surface area contributed by atoms with Gasteiger partial charge in [-0.1, -0.05) is 48.9 Å². The zero-order valence-electron chi connectivity index (χ0n) is 22.9. The molecule has 0 radical (unpaired) electrons. The second kappa shape index (κ2) is 13.2. The molecule has 0 aliphatic rings. The van der Waals surface area contributed by atoms with Gasteiger partial charge in [0.1, 0.15) is 17.9 Å². The van der Waals surface area contributed by atoms with E-state index in [1.165, 1.54) is 0 Å². The molecular weight excluding hydrogens is 538 g/mol. The molecule has 0 amide bonds. The molecule has 0 atom stereocenters. The van der Waals surface area contributed by atoms with Crippen molar-refractivity contribution in [3.8, 4) is 17.2 Å². The number of carbonyl (C=O) groups excluding carboxylic acids is 1. The Morgan fingerprint density at radius 2 is 1.66 bits per heavy atom. The lowest BCUT2D eigenvalue weighted by atomic mass is 10.0. The van der Waals surface area contributed by atoms with Gasteiger partial charge in [0, 0.05) is 10.6 Å². The Morgan fingerprint density at radius 1 is 0.878 bits per heavy atom. The highest BCUT2D eigenvalue weighted by atomic mass is 35.5. The summed E-state index contributed by atoms with van der Waals surface area (Å²) < 4.78 is 23.7. The summed E-state index contributed by atoms with van der Waals surface area (Å²) in [5, 5.41) is 0.671. The smallest absolute Gasteiger partial charge is 0.231 e. The van der Waals surface area contributed by atoms with E-state index in [1.54, 1.807) is 30.3 Å². The largest absolute Gasteiger partial charge is 0.494 e. The third-order valence-electron chi connectivity index (χ3n) is 6.24. The summed E-state index contributed by atoms with van der Waals surface area (Å²) in [4.78, 5) is 18.5. The molecule has 7 heteroatoms. The van der Waals surface area contributed by atoms with E-state index >= 15 is 0 Å². The van der Waals surface area contributed by atoms with Gasteiger partial charge in [-0.2, -0.15) is 0 Å². The molecule has 1 aromatic heterocycles. The number of hydrogen-bond donors (Lipinski definition) is 0. The minimum absolute atomic E-state index is 0.223. The van der Waals surface area contributed by atoms with Crippen LogP contribution in [0.2, 0.25) is 5.02 Å². The van der Waals surface area contributed by atoms with Gasteiger partial charge in [-0.3, -0.25) is 4.79 Å². The van der Waals surface area contributed by atoms with Crippen molar-refractivity contribution < 1.29 is 23.4 Å². The quantitative estimate of drug-likeness (QED) is 0.111. The Labute approximate surface area is 244 Å². The van der Waals surface area contributed by atoms with Gasteiger partial charge in [0.05, 0.1) is 18.8 Å². The maximum absolute atomic E-state index is 13.8. The standard InChI is InChI=1S/C34H30ClNO5/c1-3-19-39-27-16-12-25(13-17-27)33(37)28(34-36-29-7-5-6-8-30(29)41-34)20-24-11-18-31(32(21-24)38-4-2)40-22-23-9-14-26(35)15-10-23/h5-18,20-21H,3-4,19,22H2,1-2H3/b28-20-. The monoisotopic (exact) mass is 567 g/mol. The third-order valence-corrected chi connectivity index (χ3v) is 6.50. The van der Waals surface area contributed by atoms with E-state index in [2.05, 4.69) is 4.98 Å². The number of rotatable bonds is 12. The lowest BCUT2D eigenvalue weighted by Crippen LogP contribution is -2.04. The van der Waals surface area contributed by atoms with E-state index in [0.717, 1.165) is 17.5 Å². The minimum atomic E-state index is -0.223. The average molecular weight is 568 g/mol. The van der Waals surface area contributed by atoms with Crippen LogP contribution in [0.15, 0.2) is 95.4 Å². The van der Waals surface area contributed by atoms with Gasteiger partial charge in [-0.05, 0) is 91.2 Å². The zero-order chi connectivity index (χ0) is 28.6. The first-order chi connectivity index (χ1) is 20.0. The molecule has 0 N–H and O–H groups in total. The van der Waals surface area contributed by atoms with Crippen LogP contribution in [0, 0.1) is 0 Å². The van der Waals surface area contributed by atoms with Gasteiger partial charge in [0.2, 0.25) is 5.89 Å². The van der Waals surface area contributed by atoms with Gasteiger partial charge in [-0.15, -0.1) is 0 Å². The molecule has 0 spiro atoms. The van der Waals surface area contributed by atoms with Crippen molar-refractivity contribution in [1.29, 1.82) is 0 Å². The van der Waals surface area contributed by atoms with Crippen LogP contribution in [0.25, 0.3) is 22.7 Å². The van der Waals surface area contributed by atoms with Crippen molar-refractivity contribution in [1.82, 2.24) is 4.98 Å². The molecule has 6 nitrogen and oxygen atoms in total. The summed E-state index contributed by atoms with van der Waals surface area (Å²) in [5.41, 5.74) is 3.81. The Bertz CT molecular complexity index is 1620. The van der Waals surface area contributed by atoms with Crippen molar-refractivity contribution in [3.63, 3.8) is 0 Å². The first-order valence-electron chi connectivity index (χ1n) is 13.5. The van der Waals surface area contributed by atoms with Gasteiger partial charge >= 0.3 is 0 Å². The number of allylic oxidation sites excluding steroid dienone is 1. The van der Waals surface area contributed by atoms with Gasteiger partial charge < -0.3 is 18.6 Å². The number of oxazole rings is 1. The maximum Gasteiger partial charge on any atom is 0.231 e. The molecule has 5 rings (SSSR count). The molecule has 1 heterocycles. The molecule has 0 saturated heterocycles. The fraction of sp³-hybridized carbons (Fsp3) is 0.176. The highest BCUT2D eigenvalue weighted by molar-refractivity contribution is 6.31. The highest BCUT2D eigenvalue weighted by Gasteiger charge is 2.21. The van der Waals surface area contributed by atoms with Crippen LogP contribution in [0.5, 0.6) is 17.2 Å². The Morgan fingerprint density at radius 3 is 2.39 bits per heavy atom. The number of carbonyl (C=O) groups is 1. The first kappa shape index (κ1) is 28.0. The lowest BCUT2D eigenvalue weighted by molar-refractivity contribution is 0.105. The van der Waals surface area contributed by atoms with E-state index in [4.69, 9.17) is 30.2 Å². The normalized spacial score (nSPS) is 11.4. The van der Waals surface area contributed by atoms with Crippen LogP contribution < -0.4 is 14.2 Å². The molecule has 41 heavy (non-hydrogen) atoms. The van der Waals surface area contributed by atoms with Gasteiger partial charge in [-0.25, -0.2) is 4.98 Å². The summed E-state index contributed by atoms with van der Waals surface area (Å²) in [6.07, 6.45) is 2.67. The predicted molar refractivity (Wildman–Crippen MR) is 162 cm³/mol. The van der Waals surface area contributed by atoms with E-state index in [-0.39, 0.29) is 11.7 Å². The van der Waals surface area contributed by atoms with E-state index in [1.807, 2.05) is 80.6 Å². The molecule has 0 aliphatic carbocycles. The summed E-state index contributed by atoms with van der Waals surface area (Å²) in [5.74, 6) is 1.89. The number of halogens is 1. The van der Waals surface area contributed by atoms with Crippen LogP contribution >= 0.6 is 11.6 Å². The molecule has 0 bridgehead atoms. The van der Waals surface area contributed by atoms with E-state index in [0.29, 0.717) is 64.3 Å². The van der Waals surface area contributed by atoms with Crippen LogP contribution in [0.3, 0.4) is 0 Å². The predicted octanol–water partition coefficient (Wildman–Crippen LogP) is 8.67. The molecule has 0 fully saturated rings. The molecule has 0 saturated carbocycles. The molecule has 5 aromatic rings. The zero-order valence-corrected chi connectivity index (χ0v) is 23.7. The number of Topliss-reactive ketones (excluding diaryl/α,β-unsaturated/α-hetero) is 1. The number of nitrogens with zero attached hydrogens (tertiary/aromatic N) is 1. The minimum Gasteiger partial charge on any atom is -0.494 e. The Hall–Kier alpha value is -4.55. The van der Waals surface area contributed by atoms with Crippen LogP contribution in [0.4, 0.5) is 0 Å². The summed E-state index contributed by atoms with van der Waals surface area (Å²) in [6.45, 7) is 5.38. The molecule has 4 aromatic carbocycles. The van der Waals surface area contributed by atoms with Gasteiger partial charge in [0.25, 0.3) is 0 Å². The maximum atomic E-state index is 13.8. The summed E-state index contributed by atoms with van der Waals surface area (Å²) in [7, 11) is 0. The number of para-hydroxylation sites is 2. The fourth-order valence-electron chi connectivity index (χ4n) is 4.20. The number of aromatic nitrogens is 1. The second-order valence-corrected chi connectivity index (χ2v) is 9.74. The van der Waals surface area contributed by atoms with Crippen LogP contribution in [-0.4, -0.2) is 24.0 Å². The Balaban J connectivity index is 1.49. The average Bonchev–Trinajstić information content (AvgIpc) is 3.43. The summed E-state index contributed by atoms with van der Waals surface area (Å²) in [6, 6.07) is 27.6. The van der Waals surface area contributed by atoms with E-state index in [9.17, 15) is 4.79 Å². The van der Waals surface area contributed by atoms with E-state index < -0.39 is 0 Å². The van der Waals surface area contributed by atoms with Crippen molar-refractivity contribution in [3.05, 3.63) is 119 Å². The second-order valence-electron chi connectivity index (χ2n) is 9.30. The molecular formula is C34H30ClNO5. The summed E-state index contributed by atoms with van der Waals surface area (Å²) >= 11 is 6.00. The van der Waals surface area contributed by atoms with Gasteiger partial charge in [0.15, 0.2) is 22.9 Å². The van der Waals surface area contributed by atoms with Crippen LogP contribution in [0.1, 0.15) is 47.6 Å². The first-order valence-corrected chi connectivity index (χ1v) is 13.9. The van der Waals surface area contributed by atoms with Crippen molar-refractivity contribution in [2.24, 2.45) is 0 Å². The molecule has 0 aliphatic heterocycles. The van der Waals surface area contributed by atoms with Crippen LogP contribution in [-0.2, 0) is 6.61 Å². The van der Waals surface area contributed by atoms with Crippen molar-refractivity contribution in [2.45, 2.75) is 26.9 Å². The molecule has 0 unspecified atom stereocenters. The van der Waals surface area contributed by atoms with Crippen molar-refractivity contribution in [2.75, 3.05) is 13.2 Å². The third kappa shape index (κ3) is 6.97. The highest BCUT2D eigenvalue weighted by Crippen LogP contribution is 2.32. The lowest BCUT2D eigenvalue weighted by Gasteiger charge is -2.13. The van der Waals surface area contributed by atoms with Crippen molar-refractivity contribution >= 4 is 40.1 Å². The number of ether oxygens (including phenoxy) is 3. The number of benzene rings is 4. The number of ketones is 1.